The number of likely N-dealkylation sites (tertiary alicyclic amines) is 1. The van der Waals surface area contributed by atoms with E-state index in [1.165, 1.54) is 12.1 Å². The quantitative estimate of drug-likeness (QED) is 0.878. The van der Waals surface area contributed by atoms with Crippen molar-refractivity contribution in [3.05, 3.63) is 34.1 Å². The average Bonchev–Trinajstić information content (AvgIpc) is 2.85. The molecule has 0 aromatic heterocycles. The van der Waals surface area contributed by atoms with Crippen LogP contribution < -0.4 is 5.32 Å². The molecule has 21 heavy (non-hydrogen) atoms. The van der Waals surface area contributed by atoms with Crippen LogP contribution in [0.3, 0.4) is 0 Å². The summed E-state index contributed by atoms with van der Waals surface area (Å²) >= 11 is 3.39. The Labute approximate surface area is 132 Å². The molecule has 1 heterocycles. The smallest absolute Gasteiger partial charge is 0.242 e. The summed E-state index contributed by atoms with van der Waals surface area (Å²) in [6, 6.07) is 4.64. The highest BCUT2D eigenvalue weighted by atomic mass is 79.9. The lowest BCUT2D eigenvalue weighted by Crippen LogP contribution is -2.57. The number of methoxy groups -OCH3 is 1. The SMILES string of the molecule is CNC(=O)C1(COC)CCCN1Cc1ccc(F)cc1Br. The highest BCUT2D eigenvalue weighted by Gasteiger charge is 2.47. The summed E-state index contributed by atoms with van der Waals surface area (Å²) in [5.41, 5.74) is 0.319. The fourth-order valence-corrected chi connectivity index (χ4v) is 3.45. The number of hydrogen-bond acceptors (Lipinski definition) is 3. The zero-order chi connectivity index (χ0) is 15.5. The van der Waals surface area contributed by atoms with Gasteiger partial charge < -0.3 is 10.1 Å². The predicted molar refractivity (Wildman–Crippen MR) is 82.4 cm³/mol. The summed E-state index contributed by atoms with van der Waals surface area (Å²) in [5.74, 6) is -0.304. The molecule has 1 aliphatic heterocycles. The molecule has 4 nitrogen and oxygen atoms in total. The fraction of sp³-hybridized carbons (Fsp3) is 0.533. The second-order valence-electron chi connectivity index (χ2n) is 5.30. The molecule has 1 saturated heterocycles. The van der Waals surface area contributed by atoms with Gasteiger partial charge in [-0.2, -0.15) is 0 Å². The van der Waals surface area contributed by atoms with Gasteiger partial charge in [-0.05, 0) is 37.1 Å². The molecule has 116 valence electrons. The minimum atomic E-state index is -0.642. The zero-order valence-electron chi connectivity index (χ0n) is 12.3. The largest absolute Gasteiger partial charge is 0.382 e. The van der Waals surface area contributed by atoms with E-state index in [4.69, 9.17) is 4.74 Å². The van der Waals surface area contributed by atoms with Crippen molar-refractivity contribution in [2.45, 2.75) is 24.9 Å². The molecule has 0 spiro atoms. The zero-order valence-corrected chi connectivity index (χ0v) is 13.9. The van der Waals surface area contributed by atoms with Crippen molar-refractivity contribution in [2.75, 3.05) is 27.3 Å². The number of rotatable bonds is 5. The molecular formula is C15H20BrFN2O2. The number of nitrogens with zero attached hydrogens (tertiary/aromatic N) is 1. The van der Waals surface area contributed by atoms with E-state index in [1.807, 2.05) is 0 Å². The van der Waals surface area contributed by atoms with Crippen molar-refractivity contribution in [3.8, 4) is 0 Å². The summed E-state index contributed by atoms with van der Waals surface area (Å²) in [4.78, 5) is 14.5. The number of carbonyl (C=O) groups is 1. The third-order valence-electron chi connectivity index (χ3n) is 4.03. The second kappa shape index (κ2) is 6.85. The van der Waals surface area contributed by atoms with Crippen molar-refractivity contribution in [3.63, 3.8) is 0 Å². The van der Waals surface area contributed by atoms with Gasteiger partial charge in [0.05, 0.1) is 6.61 Å². The molecule has 1 aromatic rings. The molecule has 1 aromatic carbocycles. The first-order valence-electron chi connectivity index (χ1n) is 6.93. The third kappa shape index (κ3) is 3.27. The van der Waals surface area contributed by atoms with E-state index in [0.29, 0.717) is 13.2 Å². The van der Waals surface area contributed by atoms with Gasteiger partial charge >= 0.3 is 0 Å². The van der Waals surface area contributed by atoms with E-state index in [2.05, 4.69) is 26.1 Å². The van der Waals surface area contributed by atoms with Gasteiger partial charge in [-0.15, -0.1) is 0 Å². The summed E-state index contributed by atoms with van der Waals surface area (Å²) in [7, 11) is 3.25. The van der Waals surface area contributed by atoms with Gasteiger partial charge in [0.15, 0.2) is 0 Å². The number of hydrogen-bond donors (Lipinski definition) is 1. The van der Waals surface area contributed by atoms with Crippen molar-refractivity contribution in [2.24, 2.45) is 0 Å². The summed E-state index contributed by atoms with van der Waals surface area (Å²) in [5, 5.41) is 2.74. The lowest BCUT2D eigenvalue weighted by molar-refractivity contribution is -0.135. The van der Waals surface area contributed by atoms with Gasteiger partial charge in [0.25, 0.3) is 0 Å². The normalized spacial score (nSPS) is 22.5. The van der Waals surface area contributed by atoms with E-state index < -0.39 is 5.54 Å². The Bertz CT molecular complexity index is 526. The van der Waals surface area contributed by atoms with E-state index in [-0.39, 0.29) is 11.7 Å². The molecule has 1 amide bonds. The molecule has 1 atom stereocenters. The van der Waals surface area contributed by atoms with Crippen LogP contribution in [0, 0.1) is 5.82 Å². The van der Waals surface area contributed by atoms with Crippen molar-refractivity contribution < 1.29 is 13.9 Å². The van der Waals surface area contributed by atoms with Crippen LogP contribution >= 0.6 is 15.9 Å². The Morgan fingerprint density at radius 2 is 2.33 bits per heavy atom. The first-order valence-corrected chi connectivity index (χ1v) is 7.73. The van der Waals surface area contributed by atoms with Crippen LogP contribution in [0.4, 0.5) is 4.39 Å². The molecule has 0 bridgehead atoms. The highest BCUT2D eigenvalue weighted by molar-refractivity contribution is 9.10. The topological polar surface area (TPSA) is 41.6 Å². The van der Waals surface area contributed by atoms with Gasteiger partial charge in [-0.1, -0.05) is 22.0 Å². The van der Waals surface area contributed by atoms with Gasteiger partial charge in [-0.3, -0.25) is 9.69 Å². The molecule has 1 aliphatic rings. The third-order valence-corrected chi connectivity index (χ3v) is 4.77. The summed E-state index contributed by atoms with van der Waals surface area (Å²) in [6.45, 7) is 1.75. The number of benzene rings is 1. The van der Waals surface area contributed by atoms with E-state index in [9.17, 15) is 9.18 Å². The minimum absolute atomic E-state index is 0.0277. The van der Waals surface area contributed by atoms with Crippen LogP contribution in [0.1, 0.15) is 18.4 Å². The average molecular weight is 359 g/mol. The Balaban J connectivity index is 2.26. The minimum Gasteiger partial charge on any atom is -0.382 e. The maximum Gasteiger partial charge on any atom is 0.242 e. The molecule has 2 rings (SSSR count). The van der Waals surface area contributed by atoms with Crippen LogP contribution in [0.5, 0.6) is 0 Å². The van der Waals surface area contributed by atoms with Crippen LogP contribution in [-0.2, 0) is 16.1 Å². The van der Waals surface area contributed by atoms with Gasteiger partial charge in [0.2, 0.25) is 5.91 Å². The first kappa shape index (κ1) is 16.4. The van der Waals surface area contributed by atoms with Gasteiger partial charge in [0, 0.05) is 25.2 Å². The van der Waals surface area contributed by atoms with Crippen LogP contribution in [0.15, 0.2) is 22.7 Å². The van der Waals surface area contributed by atoms with E-state index in [0.717, 1.165) is 29.4 Å². The lowest BCUT2D eigenvalue weighted by Gasteiger charge is -2.36. The monoisotopic (exact) mass is 358 g/mol. The first-order chi connectivity index (χ1) is 10.0. The molecule has 0 saturated carbocycles. The maximum absolute atomic E-state index is 13.2. The summed E-state index contributed by atoms with van der Waals surface area (Å²) in [6.07, 6.45) is 1.70. The lowest BCUT2D eigenvalue weighted by atomic mass is 9.95. The van der Waals surface area contributed by atoms with Gasteiger partial charge in [0.1, 0.15) is 11.4 Å². The molecule has 0 aliphatic carbocycles. The van der Waals surface area contributed by atoms with Crippen LogP contribution in [0.25, 0.3) is 0 Å². The van der Waals surface area contributed by atoms with Crippen molar-refractivity contribution >= 4 is 21.8 Å². The van der Waals surface area contributed by atoms with Gasteiger partial charge in [-0.25, -0.2) is 4.39 Å². The van der Waals surface area contributed by atoms with Crippen LogP contribution in [-0.4, -0.2) is 43.7 Å². The number of ether oxygens (including phenoxy) is 1. The molecular weight excluding hydrogens is 339 g/mol. The maximum atomic E-state index is 13.2. The molecule has 1 N–H and O–H groups in total. The number of nitrogens with one attached hydrogen (secondary N) is 1. The van der Waals surface area contributed by atoms with E-state index >= 15 is 0 Å². The Kier molecular flexibility index (Phi) is 5.35. The number of carbonyl (C=O) groups excluding carboxylic acids is 1. The molecule has 1 fully saturated rings. The van der Waals surface area contributed by atoms with Crippen molar-refractivity contribution in [1.82, 2.24) is 10.2 Å². The number of amides is 1. The van der Waals surface area contributed by atoms with Crippen molar-refractivity contribution in [1.29, 1.82) is 0 Å². The molecule has 0 radical (unpaired) electrons. The number of halogens is 2. The Morgan fingerprint density at radius 1 is 1.57 bits per heavy atom. The van der Waals surface area contributed by atoms with E-state index in [1.54, 1.807) is 20.2 Å². The Hall–Kier alpha value is -0.980. The number of likely N-dealkylation sites (N-methyl/N-ethyl adjacent to an activating group) is 1. The second-order valence-corrected chi connectivity index (χ2v) is 6.16. The van der Waals surface area contributed by atoms with Crippen LogP contribution in [0.2, 0.25) is 0 Å². The predicted octanol–water partition coefficient (Wildman–Crippen LogP) is 2.32. The molecule has 1 unspecified atom stereocenters. The highest BCUT2D eigenvalue weighted by Crippen LogP contribution is 2.33. The molecule has 6 heteroatoms. The summed E-state index contributed by atoms with van der Waals surface area (Å²) < 4.78 is 19.2. The standard InChI is InChI=1S/C15H20BrFN2O2/c1-18-14(20)15(10-21-2)6-3-7-19(15)9-11-4-5-12(17)8-13(11)16/h4-5,8H,3,6-7,9-10H2,1-2H3,(H,18,20). The Morgan fingerprint density at radius 3 is 2.95 bits per heavy atom. The fourth-order valence-electron chi connectivity index (χ4n) is 2.98.